The van der Waals surface area contributed by atoms with E-state index in [2.05, 4.69) is 14.6 Å². The van der Waals surface area contributed by atoms with E-state index < -0.39 is 15.6 Å². The van der Waals surface area contributed by atoms with Gasteiger partial charge in [0, 0.05) is 29.4 Å². The van der Waals surface area contributed by atoms with Gasteiger partial charge < -0.3 is 9.88 Å². The summed E-state index contributed by atoms with van der Waals surface area (Å²) in [4.78, 5) is 29.3. The summed E-state index contributed by atoms with van der Waals surface area (Å²) in [6.45, 7) is 8.07. The molecule has 8 nitrogen and oxygen atoms in total. The Morgan fingerprint density at radius 2 is 1.64 bits per heavy atom. The Morgan fingerprint density at radius 3 is 2.18 bits per heavy atom. The number of hydrogen-bond acceptors (Lipinski definition) is 5. The first-order chi connectivity index (χ1) is 18.3. The van der Waals surface area contributed by atoms with Crippen molar-refractivity contribution in [1.82, 2.24) is 14.6 Å². The number of nitrogens with zero attached hydrogens (tertiary/aromatic N) is 1. The summed E-state index contributed by atoms with van der Waals surface area (Å²) in [5.41, 5.74) is 2.27. The van der Waals surface area contributed by atoms with E-state index in [9.17, 15) is 13.2 Å². The third-order valence-electron chi connectivity index (χ3n) is 7.27. The summed E-state index contributed by atoms with van der Waals surface area (Å²) < 4.78 is 30.7. The van der Waals surface area contributed by atoms with Gasteiger partial charge in [-0.05, 0) is 83.9 Å². The van der Waals surface area contributed by atoms with Crippen LogP contribution in [0.3, 0.4) is 0 Å². The highest BCUT2D eigenvalue weighted by Gasteiger charge is 2.29. The van der Waals surface area contributed by atoms with E-state index in [0.717, 1.165) is 50.0 Å². The van der Waals surface area contributed by atoms with Gasteiger partial charge in [-0.2, -0.15) is 9.59 Å². The van der Waals surface area contributed by atoms with E-state index in [-0.39, 0.29) is 33.0 Å². The van der Waals surface area contributed by atoms with Crippen LogP contribution in [-0.2, 0) is 26.2 Å². The monoisotopic (exact) mass is 597 g/mol. The fourth-order valence-corrected chi connectivity index (χ4v) is 7.46. The minimum Gasteiger partial charge on any atom is -0.349 e. The predicted octanol–water partition coefficient (Wildman–Crippen LogP) is 6.13. The maximum absolute atomic E-state index is 13.2. The largest absolute Gasteiger partial charge is 0.373 e. The molecule has 1 heterocycles. The lowest BCUT2D eigenvalue weighted by Crippen LogP contribution is -2.40. The average Bonchev–Trinajstić information content (AvgIpc) is 3.13. The zero-order valence-electron chi connectivity index (χ0n) is 22.9. The molecule has 1 amide bonds. The van der Waals surface area contributed by atoms with Crippen LogP contribution in [0.4, 0.5) is 0 Å². The van der Waals surface area contributed by atoms with E-state index >= 15 is 0 Å². The summed E-state index contributed by atoms with van der Waals surface area (Å²) >= 11 is 13.3. The Bertz CT molecular complexity index is 1330. The van der Waals surface area contributed by atoms with E-state index in [1.165, 1.54) is 25.3 Å². The Kier molecular flexibility index (Phi) is 10.5. The third-order valence-corrected chi connectivity index (χ3v) is 10.1. The molecule has 11 heteroatoms. The fraction of sp³-hybridized carbons (Fsp3) is 0.571. The molecule has 2 fully saturated rings. The lowest BCUT2D eigenvalue weighted by atomic mass is 9.89. The van der Waals surface area contributed by atoms with Gasteiger partial charge in [0.25, 0.3) is 5.91 Å². The molecule has 214 valence electrons. The minimum absolute atomic E-state index is 0.0190. The van der Waals surface area contributed by atoms with Crippen molar-refractivity contribution in [2.24, 2.45) is 5.92 Å². The topological polar surface area (TPSA) is 114 Å². The second kappa shape index (κ2) is 13.0. The quantitative estimate of drug-likeness (QED) is 0.398. The number of nitrogens with one attached hydrogen (secondary N) is 2. The molecular weight excluding hydrogens is 561 g/mol. The first-order valence-corrected chi connectivity index (χ1v) is 15.6. The maximum Gasteiger partial charge on any atom is 0.373 e. The van der Waals surface area contributed by atoms with Crippen LogP contribution in [-0.4, -0.2) is 36.6 Å². The van der Waals surface area contributed by atoms with Gasteiger partial charge in [0.1, 0.15) is 4.90 Å². The number of amides is 1. The number of sulfonamides is 1. The molecule has 4 rings (SSSR count). The molecule has 0 unspecified atom stereocenters. The zero-order valence-corrected chi connectivity index (χ0v) is 25.2. The molecule has 2 aliphatic rings. The van der Waals surface area contributed by atoms with Gasteiger partial charge >= 0.3 is 6.15 Å². The van der Waals surface area contributed by atoms with Crippen molar-refractivity contribution in [2.45, 2.75) is 102 Å². The van der Waals surface area contributed by atoms with Gasteiger partial charge in [-0.1, -0.05) is 42.5 Å². The van der Waals surface area contributed by atoms with Gasteiger partial charge in [-0.15, -0.1) is 0 Å². The Labute approximate surface area is 240 Å². The molecule has 0 aliphatic heterocycles. The lowest BCUT2D eigenvalue weighted by Gasteiger charge is -2.26. The molecule has 1 aromatic heterocycles. The standard InChI is InChI=1S/C27H37Cl2N3O3S.CO2/c1-17-21(26(33)30-19-11-8-12-19)15-22(32(17)16-18-9-6-5-7-10-18)20-13-14-23(25(29)24(20)28)36(34,35)31-27(2,3)4;2-1-3/h13-15,18-19,31H,5-12,16H2,1-4H3,(H,30,33);. The third kappa shape index (κ3) is 7.74. The van der Waals surface area contributed by atoms with Crippen LogP contribution in [0.15, 0.2) is 23.1 Å². The van der Waals surface area contributed by atoms with Crippen LogP contribution >= 0.6 is 23.2 Å². The summed E-state index contributed by atoms with van der Waals surface area (Å²) in [7, 11) is -3.87. The Hall–Kier alpha value is -2.16. The molecule has 0 atom stereocenters. The van der Waals surface area contributed by atoms with Crippen molar-refractivity contribution in [3.05, 3.63) is 39.5 Å². The van der Waals surface area contributed by atoms with Gasteiger partial charge in [-0.3, -0.25) is 4.79 Å². The minimum atomic E-state index is -3.87. The first-order valence-electron chi connectivity index (χ1n) is 13.3. The van der Waals surface area contributed by atoms with Crippen molar-refractivity contribution < 1.29 is 22.8 Å². The summed E-state index contributed by atoms with van der Waals surface area (Å²) in [6, 6.07) is 5.31. The summed E-state index contributed by atoms with van der Waals surface area (Å²) in [6.07, 6.45) is 9.44. The van der Waals surface area contributed by atoms with E-state index in [4.69, 9.17) is 32.8 Å². The molecule has 2 aliphatic carbocycles. The number of aromatic nitrogens is 1. The molecule has 0 bridgehead atoms. The van der Waals surface area contributed by atoms with Crippen LogP contribution in [0.1, 0.15) is 88.2 Å². The number of carbonyl (C=O) groups excluding carboxylic acids is 3. The van der Waals surface area contributed by atoms with Crippen LogP contribution in [0.25, 0.3) is 11.3 Å². The van der Waals surface area contributed by atoms with Crippen LogP contribution in [0.2, 0.25) is 10.0 Å². The summed E-state index contributed by atoms with van der Waals surface area (Å²) in [5.74, 6) is 0.452. The highest BCUT2D eigenvalue weighted by Crippen LogP contribution is 2.40. The van der Waals surface area contributed by atoms with Crippen LogP contribution < -0.4 is 10.0 Å². The second-order valence-electron chi connectivity index (χ2n) is 11.4. The molecule has 2 aromatic rings. The van der Waals surface area contributed by atoms with Crippen molar-refractivity contribution in [3.8, 4) is 11.3 Å². The Balaban J connectivity index is 0.00000134. The van der Waals surface area contributed by atoms with E-state index in [0.29, 0.717) is 17.0 Å². The molecule has 2 N–H and O–H groups in total. The highest BCUT2D eigenvalue weighted by atomic mass is 35.5. The normalized spacial score (nSPS) is 16.6. The first kappa shape index (κ1) is 31.4. The predicted molar refractivity (Wildman–Crippen MR) is 151 cm³/mol. The van der Waals surface area contributed by atoms with Crippen LogP contribution in [0, 0.1) is 12.8 Å². The highest BCUT2D eigenvalue weighted by molar-refractivity contribution is 7.89. The van der Waals surface area contributed by atoms with Gasteiger partial charge in [0.05, 0.1) is 21.3 Å². The van der Waals surface area contributed by atoms with Crippen LogP contribution in [0.5, 0.6) is 0 Å². The molecule has 0 spiro atoms. The molecular formula is C28H37Cl2N3O5S. The number of rotatable bonds is 7. The molecule has 1 aromatic carbocycles. The van der Waals surface area contributed by atoms with E-state index in [1.807, 2.05) is 13.0 Å². The summed E-state index contributed by atoms with van der Waals surface area (Å²) in [5, 5.41) is 3.30. The lowest BCUT2D eigenvalue weighted by molar-refractivity contribution is -0.191. The number of benzene rings is 1. The van der Waals surface area contributed by atoms with Crippen molar-refractivity contribution in [1.29, 1.82) is 0 Å². The number of halogens is 2. The van der Waals surface area contributed by atoms with Crippen molar-refractivity contribution in [3.63, 3.8) is 0 Å². The molecule has 39 heavy (non-hydrogen) atoms. The molecule has 2 saturated carbocycles. The second-order valence-corrected chi connectivity index (χ2v) is 13.8. The van der Waals surface area contributed by atoms with Crippen molar-refractivity contribution >= 4 is 45.3 Å². The van der Waals surface area contributed by atoms with Gasteiger partial charge in [0.2, 0.25) is 10.0 Å². The number of hydrogen-bond donors (Lipinski definition) is 2. The maximum atomic E-state index is 13.2. The fourth-order valence-electron chi connectivity index (χ4n) is 5.17. The SMILES string of the molecule is Cc1c(C(=O)NC2CCC2)cc(-c2ccc(S(=O)(=O)NC(C)(C)C)c(Cl)c2Cl)n1CC1CCCCC1.O=C=O. The van der Waals surface area contributed by atoms with Gasteiger partial charge in [0.15, 0.2) is 0 Å². The van der Waals surface area contributed by atoms with Gasteiger partial charge in [-0.25, -0.2) is 13.1 Å². The van der Waals surface area contributed by atoms with E-state index in [1.54, 1.807) is 26.8 Å². The van der Waals surface area contributed by atoms with Crippen molar-refractivity contribution in [2.75, 3.05) is 0 Å². The molecule has 0 saturated heterocycles. The number of carbonyl (C=O) groups is 1. The smallest absolute Gasteiger partial charge is 0.349 e. The zero-order chi connectivity index (χ0) is 29.0. The Morgan fingerprint density at radius 1 is 1.03 bits per heavy atom. The average molecular weight is 599 g/mol. The molecule has 0 radical (unpaired) electrons.